The summed E-state index contributed by atoms with van der Waals surface area (Å²) in [5.41, 5.74) is 3.59. The predicted octanol–water partition coefficient (Wildman–Crippen LogP) is 5.72. The molecule has 0 saturated carbocycles. The minimum absolute atomic E-state index is 0.0179. The lowest BCUT2D eigenvalue weighted by molar-refractivity contribution is -0.268. The van der Waals surface area contributed by atoms with Gasteiger partial charge in [0.25, 0.3) is 0 Å². The zero-order chi connectivity index (χ0) is 23.2. The summed E-state index contributed by atoms with van der Waals surface area (Å²) >= 11 is 1.78. The number of rotatable bonds is 7. The van der Waals surface area contributed by atoms with Crippen LogP contribution in [0.3, 0.4) is 0 Å². The lowest BCUT2D eigenvalue weighted by Gasteiger charge is -2.41. The highest BCUT2D eigenvalue weighted by atomic mass is 32.2. The van der Waals surface area contributed by atoms with Crippen molar-refractivity contribution < 1.29 is 19.4 Å². The van der Waals surface area contributed by atoms with E-state index in [1.54, 1.807) is 11.8 Å². The largest absolute Gasteiger partial charge is 0.392 e. The normalized spacial score (nSPS) is 22.6. The molecule has 0 spiro atoms. The van der Waals surface area contributed by atoms with Crippen LogP contribution in [0, 0.1) is 5.92 Å². The number of aliphatic hydroxyl groups excluding tert-OH is 1. The first-order chi connectivity index (χ1) is 16.0. The Morgan fingerprint density at radius 2 is 1.61 bits per heavy atom. The monoisotopic (exact) mass is 463 g/mol. The van der Waals surface area contributed by atoms with Gasteiger partial charge in [-0.3, -0.25) is 4.79 Å². The van der Waals surface area contributed by atoms with Gasteiger partial charge >= 0.3 is 0 Å². The maximum absolute atomic E-state index is 11.3. The summed E-state index contributed by atoms with van der Waals surface area (Å²) in [6, 6.07) is 25.8. The second kappa shape index (κ2) is 11.0. The van der Waals surface area contributed by atoms with Crippen molar-refractivity contribution >= 4 is 23.4 Å². The first kappa shape index (κ1) is 23.5. The van der Waals surface area contributed by atoms with Gasteiger partial charge in [0.1, 0.15) is 0 Å². The summed E-state index contributed by atoms with van der Waals surface area (Å²) in [4.78, 5) is 12.5. The van der Waals surface area contributed by atoms with E-state index in [9.17, 15) is 9.90 Å². The molecule has 172 valence electrons. The highest BCUT2D eigenvalue weighted by molar-refractivity contribution is 7.99. The van der Waals surface area contributed by atoms with Crippen LogP contribution in [0.5, 0.6) is 0 Å². The Labute approximate surface area is 199 Å². The van der Waals surface area contributed by atoms with E-state index in [-0.39, 0.29) is 30.6 Å². The summed E-state index contributed by atoms with van der Waals surface area (Å²) in [6.45, 7) is 3.67. The van der Waals surface area contributed by atoms with Gasteiger partial charge in [-0.05, 0) is 35.4 Å². The second-order valence-corrected chi connectivity index (χ2v) is 9.34. The van der Waals surface area contributed by atoms with Crippen LogP contribution in [0.15, 0.2) is 83.8 Å². The molecule has 2 N–H and O–H groups in total. The van der Waals surface area contributed by atoms with Gasteiger partial charge in [0.2, 0.25) is 5.91 Å². The minimum atomic E-state index is -0.517. The third kappa shape index (κ3) is 6.03. The molecule has 1 saturated heterocycles. The number of ether oxygens (including phenoxy) is 2. The fourth-order valence-corrected chi connectivity index (χ4v) is 5.02. The molecule has 3 aromatic carbocycles. The molecule has 4 atom stereocenters. The van der Waals surface area contributed by atoms with E-state index < -0.39 is 6.29 Å². The van der Waals surface area contributed by atoms with Crippen LogP contribution in [0.25, 0.3) is 0 Å². The number of aliphatic hydroxyl groups is 1. The van der Waals surface area contributed by atoms with Crippen molar-refractivity contribution in [3.63, 3.8) is 0 Å². The molecule has 0 radical (unpaired) electrons. The number of hydrogen-bond acceptors (Lipinski definition) is 5. The molecule has 1 heterocycles. The zero-order valence-corrected chi connectivity index (χ0v) is 19.6. The highest BCUT2D eigenvalue weighted by Gasteiger charge is 2.38. The first-order valence-corrected chi connectivity index (χ1v) is 12.1. The Hall–Kier alpha value is -2.64. The Morgan fingerprint density at radius 3 is 2.24 bits per heavy atom. The average Bonchev–Trinajstić information content (AvgIpc) is 2.84. The molecule has 1 fully saturated rings. The number of thioether (sulfide) groups is 1. The fraction of sp³-hybridized carbons (Fsp3) is 0.296. The molecule has 0 aliphatic carbocycles. The van der Waals surface area contributed by atoms with Crippen LogP contribution in [0.4, 0.5) is 5.69 Å². The Kier molecular flexibility index (Phi) is 7.83. The number of benzene rings is 3. The predicted molar refractivity (Wildman–Crippen MR) is 131 cm³/mol. The summed E-state index contributed by atoms with van der Waals surface area (Å²) < 4.78 is 12.9. The van der Waals surface area contributed by atoms with Crippen molar-refractivity contribution in [2.45, 2.75) is 43.8 Å². The molecular formula is C27H29NO4S. The summed E-state index contributed by atoms with van der Waals surface area (Å²) in [5.74, 6) is 0.836. The lowest BCUT2D eigenvalue weighted by atomic mass is 9.91. The van der Waals surface area contributed by atoms with E-state index in [4.69, 9.17) is 9.47 Å². The van der Waals surface area contributed by atoms with Crippen molar-refractivity contribution in [2.75, 3.05) is 11.1 Å². The van der Waals surface area contributed by atoms with Gasteiger partial charge in [-0.2, -0.15) is 0 Å². The number of carbonyl (C=O) groups excluding carboxylic acids is 1. The Bertz CT molecular complexity index is 1040. The third-order valence-corrected chi connectivity index (χ3v) is 6.88. The number of nitrogens with one attached hydrogen (secondary N) is 1. The third-order valence-electron chi connectivity index (χ3n) is 5.78. The number of hydrogen-bond donors (Lipinski definition) is 2. The van der Waals surface area contributed by atoms with E-state index >= 15 is 0 Å². The van der Waals surface area contributed by atoms with Crippen molar-refractivity contribution in [2.24, 2.45) is 5.92 Å². The zero-order valence-electron chi connectivity index (χ0n) is 18.8. The lowest BCUT2D eigenvalue weighted by Crippen LogP contribution is -2.38. The molecule has 4 rings (SSSR count). The van der Waals surface area contributed by atoms with Gasteiger partial charge in [0.15, 0.2) is 6.29 Å². The minimum Gasteiger partial charge on any atom is -0.392 e. The van der Waals surface area contributed by atoms with Gasteiger partial charge in [0, 0.05) is 34.7 Å². The molecule has 1 aliphatic rings. The van der Waals surface area contributed by atoms with Gasteiger partial charge in [-0.1, -0.05) is 61.5 Å². The van der Waals surface area contributed by atoms with Gasteiger partial charge in [-0.25, -0.2) is 0 Å². The maximum Gasteiger partial charge on any atom is 0.221 e. The fourth-order valence-electron chi connectivity index (χ4n) is 3.93. The standard InChI is InChI=1S/C27H29NO4S/c1-18-25(17-33-24-6-4-3-5-7-24)31-27(22-12-14-23(15-13-22)28-19(2)30)32-26(18)21-10-8-20(16-29)9-11-21/h3-15,18,25-27,29H,16-17H2,1-2H3,(H,28,30). The molecule has 5 nitrogen and oxygen atoms in total. The van der Waals surface area contributed by atoms with Crippen LogP contribution in [-0.4, -0.2) is 22.9 Å². The first-order valence-electron chi connectivity index (χ1n) is 11.1. The van der Waals surface area contributed by atoms with Crippen LogP contribution < -0.4 is 5.32 Å². The Morgan fingerprint density at radius 1 is 0.939 bits per heavy atom. The second-order valence-electron chi connectivity index (χ2n) is 8.25. The maximum atomic E-state index is 11.3. The van der Waals surface area contributed by atoms with Crippen molar-refractivity contribution in [3.05, 3.63) is 95.6 Å². The quantitative estimate of drug-likeness (QED) is 0.439. The van der Waals surface area contributed by atoms with Gasteiger partial charge < -0.3 is 19.9 Å². The van der Waals surface area contributed by atoms with E-state index in [0.29, 0.717) is 0 Å². The molecule has 0 aromatic heterocycles. The number of carbonyl (C=O) groups is 1. The van der Waals surface area contributed by atoms with E-state index in [1.807, 2.05) is 66.7 Å². The summed E-state index contributed by atoms with van der Waals surface area (Å²) in [6.07, 6.45) is -0.684. The highest BCUT2D eigenvalue weighted by Crippen LogP contribution is 2.43. The molecule has 33 heavy (non-hydrogen) atoms. The smallest absolute Gasteiger partial charge is 0.221 e. The molecule has 4 unspecified atom stereocenters. The molecule has 3 aromatic rings. The van der Waals surface area contributed by atoms with Gasteiger partial charge in [-0.15, -0.1) is 11.8 Å². The van der Waals surface area contributed by atoms with E-state index in [0.717, 1.165) is 28.1 Å². The van der Waals surface area contributed by atoms with Crippen LogP contribution in [0.2, 0.25) is 0 Å². The topological polar surface area (TPSA) is 67.8 Å². The van der Waals surface area contributed by atoms with E-state index in [2.05, 4.69) is 24.4 Å². The van der Waals surface area contributed by atoms with Crippen LogP contribution >= 0.6 is 11.8 Å². The summed E-state index contributed by atoms with van der Waals surface area (Å²) in [7, 11) is 0. The molecule has 6 heteroatoms. The Balaban J connectivity index is 1.57. The molecular weight excluding hydrogens is 434 g/mol. The van der Waals surface area contributed by atoms with Crippen LogP contribution in [-0.2, 0) is 20.9 Å². The number of anilines is 1. The SMILES string of the molecule is CC(=O)Nc1ccc(C2OC(CSc3ccccc3)C(C)C(c3ccc(CO)cc3)O2)cc1. The molecule has 1 aliphatic heterocycles. The summed E-state index contributed by atoms with van der Waals surface area (Å²) in [5, 5.41) is 12.2. The van der Waals surface area contributed by atoms with Crippen LogP contribution in [0.1, 0.15) is 42.9 Å². The van der Waals surface area contributed by atoms with Gasteiger partial charge in [0.05, 0.1) is 18.8 Å². The molecule has 0 bridgehead atoms. The van der Waals surface area contributed by atoms with Crippen molar-refractivity contribution in [1.82, 2.24) is 0 Å². The van der Waals surface area contributed by atoms with E-state index in [1.165, 1.54) is 11.8 Å². The van der Waals surface area contributed by atoms with Crippen molar-refractivity contribution in [1.29, 1.82) is 0 Å². The average molecular weight is 464 g/mol. The number of amides is 1. The molecule has 1 amide bonds. The van der Waals surface area contributed by atoms with Crippen molar-refractivity contribution in [3.8, 4) is 0 Å².